The van der Waals surface area contributed by atoms with Crippen LogP contribution in [-0.4, -0.2) is 48.4 Å². The first-order valence-corrected chi connectivity index (χ1v) is 12.8. The van der Waals surface area contributed by atoms with Gasteiger partial charge in [0.25, 0.3) is 0 Å². The maximum Gasteiger partial charge on any atom is 0.350 e. The molecule has 33 heavy (non-hydrogen) atoms. The highest BCUT2D eigenvalue weighted by Gasteiger charge is 2.41. The highest BCUT2D eigenvalue weighted by molar-refractivity contribution is 7.51. The molecular formula is C21H27ClN5O5P. The molecule has 4 rings (SSSR count). The van der Waals surface area contributed by atoms with E-state index in [-0.39, 0.29) is 42.1 Å². The Morgan fingerprint density at radius 1 is 1.24 bits per heavy atom. The summed E-state index contributed by atoms with van der Waals surface area (Å²) in [6, 6.07) is 9.95. The number of fused-ring (bicyclic) bond motifs is 1. The van der Waals surface area contributed by atoms with Crippen molar-refractivity contribution in [2.75, 3.05) is 18.3 Å². The zero-order valence-corrected chi connectivity index (χ0v) is 20.1. The minimum absolute atomic E-state index is 0.0252. The molecule has 12 heteroatoms. The van der Waals surface area contributed by atoms with Gasteiger partial charge in [0.2, 0.25) is 5.28 Å². The Morgan fingerprint density at radius 3 is 2.67 bits per heavy atom. The molecule has 0 aliphatic carbocycles. The smallest absolute Gasteiger partial charge is 0.350 e. The van der Waals surface area contributed by atoms with Gasteiger partial charge in [0.15, 0.2) is 17.0 Å². The fourth-order valence-corrected chi connectivity index (χ4v) is 4.54. The van der Waals surface area contributed by atoms with Gasteiger partial charge in [-0.25, -0.2) is 4.98 Å². The van der Waals surface area contributed by atoms with E-state index < -0.39 is 13.9 Å². The first kappa shape index (κ1) is 24.1. The summed E-state index contributed by atoms with van der Waals surface area (Å²) < 4.78 is 24.3. The molecule has 0 bridgehead atoms. The molecule has 0 spiro atoms. The second kappa shape index (κ2) is 9.66. The second-order valence-corrected chi connectivity index (χ2v) is 10.3. The van der Waals surface area contributed by atoms with Crippen molar-refractivity contribution < 1.29 is 23.8 Å². The second-order valence-electron chi connectivity index (χ2n) is 8.39. The van der Waals surface area contributed by atoms with E-state index in [1.54, 1.807) is 6.33 Å². The number of rotatable bonds is 8. The molecule has 1 aromatic carbocycles. The first-order chi connectivity index (χ1) is 15.6. The van der Waals surface area contributed by atoms with Crippen molar-refractivity contribution in [1.29, 1.82) is 0 Å². The number of imidazole rings is 1. The molecule has 0 amide bonds. The van der Waals surface area contributed by atoms with Gasteiger partial charge in [-0.15, -0.1) is 0 Å². The molecule has 5 atom stereocenters. The number of benzene rings is 1. The lowest BCUT2D eigenvalue weighted by molar-refractivity contribution is -0.0461. The Kier molecular flexibility index (Phi) is 7.04. The van der Waals surface area contributed by atoms with Gasteiger partial charge in [-0.3, -0.25) is 9.13 Å². The Hall–Kier alpha value is -2.07. The van der Waals surface area contributed by atoms with Crippen LogP contribution in [0.4, 0.5) is 5.82 Å². The molecule has 1 aliphatic heterocycles. The van der Waals surface area contributed by atoms with Crippen molar-refractivity contribution in [3.63, 3.8) is 0 Å². The number of nitrogens with zero attached hydrogens (tertiary/aromatic N) is 4. The van der Waals surface area contributed by atoms with Crippen LogP contribution in [0.25, 0.3) is 11.2 Å². The van der Waals surface area contributed by atoms with Crippen LogP contribution >= 0.6 is 19.2 Å². The third-order valence-corrected chi connectivity index (χ3v) is 6.73. The molecule has 10 nitrogen and oxygen atoms in total. The molecule has 1 saturated heterocycles. The van der Waals surface area contributed by atoms with Crippen LogP contribution in [-0.2, 0) is 14.0 Å². The normalized spacial score (nSPS) is 24.3. The van der Waals surface area contributed by atoms with Crippen molar-refractivity contribution in [1.82, 2.24) is 19.5 Å². The molecular weight excluding hydrogens is 469 g/mol. The molecule has 2 aromatic heterocycles. The van der Waals surface area contributed by atoms with Crippen molar-refractivity contribution in [2.24, 2.45) is 11.8 Å². The molecule has 0 saturated carbocycles. The van der Waals surface area contributed by atoms with E-state index in [2.05, 4.69) is 20.3 Å². The van der Waals surface area contributed by atoms with Gasteiger partial charge in [-0.1, -0.05) is 44.2 Å². The van der Waals surface area contributed by atoms with E-state index in [0.29, 0.717) is 17.0 Å². The predicted molar refractivity (Wildman–Crippen MR) is 124 cm³/mol. The zero-order chi connectivity index (χ0) is 23.8. The summed E-state index contributed by atoms with van der Waals surface area (Å²) in [6.07, 6.45) is 0.297. The van der Waals surface area contributed by atoms with Gasteiger partial charge < -0.3 is 24.6 Å². The highest BCUT2D eigenvalue weighted by atomic mass is 35.5. The summed E-state index contributed by atoms with van der Waals surface area (Å²) in [6.45, 7) is 6.17. The van der Waals surface area contributed by atoms with E-state index >= 15 is 0 Å². The molecule has 3 aromatic rings. The van der Waals surface area contributed by atoms with Crippen LogP contribution in [0.15, 0.2) is 36.7 Å². The van der Waals surface area contributed by atoms with Gasteiger partial charge >= 0.3 is 7.60 Å². The lowest BCUT2D eigenvalue weighted by Crippen LogP contribution is -2.22. The summed E-state index contributed by atoms with van der Waals surface area (Å²) in [4.78, 5) is 31.3. The third-order valence-electron chi connectivity index (χ3n) is 6.04. The molecule has 178 valence electrons. The van der Waals surface area contributed by atoms with E-state index in [1.807, 2.05) is 55.7 Å². The zero-order valence-electron chi connectivity index (χ0n) is 18.5. The number of aromatic nitrogens is 4. The van der Waals surface area contributed by atoms with E-state index in [9.17, 15) is 4.57 Å². The van der Waals surface area contributed by atoms with Gasteiger partial charge in [0, 0.05) is 5.92 Å². The van der Waals surface area contributed by atoms with E-state index in [1.165, 1.54) is 0 Å². The lowest BCUT2D eigenvalue weighted by Gasteiger charge is -2.19. The Morgan fingerprint density at radius 2 is 1.97 bits per heavy atom. The van der Waals surface area contributed by atoms with Crippen LogP contribution in [0.5, 0.6) is 0 Å². The van der Waals surface area contributed by atoms with Crippen LogP contribution in [0.2, 0.25) is 5.28 Å². The van der Waals surface area contributed by atoms with E-state index in [4.69, 9.17) is 30.9 Å². The van der Waals surface area contributed by atoms with Gasteiger partial charge in [0.05, 0.1) is 25.1 Å². The van der Waals surface area contributed by atoms with Crippen LogP contribution in [0.3, 0.4) is 0 Å². The summed E-state index contributed by atoms with van der Waals surface area (Å²) in [5.41, 5.74) is 2.21. The number of halogens is 1. The minimum Gasteiger partial charge on any atom is -0.366 e. The average Bonchev–Trinajstić information content (AvgIpc) is 3.29. The summed E-state index contributed by atoms with van der Waals surface area (Å²) in [7, 11) is -4.23. The van der Waals surface area contributed by atoms with Crippen molar-refractivity contribution in [3.05, 3.63) is 47.5 Å². The standard InChI is InChI=1S/C21H27ClN5O5P/c1-12-13(2)20(32-16(12)9-31-11-33(28,29)30)27-10-23-17-18(25-21(22)26-19(17)27)24-14(3)15-7-5-4-6-8-15/h4-8,10,12-14,16,20H,9,11H2,1-3H3,(H,24,25,26)(H2,28,29,30)/t12-,13+,14-,16-,20+/m0/s1. The number of hydrogen-bond donors (Lipinski definition) is 3. The maximum absolute atomic E-state index is 11.1. The minimum atomic E-state index is -4.23. The molecule has 0 unspecified atom stereocenters. The number of hydrogen-bond acceptors (Lipinski definition) is 7. The van der Waals surface area contributed by atoms with Gasteiger partial charge in [-0.05, 0) is 30.0 Å². The lowest BCUT2D eigenvalue weighted by atomic mass is 9.93. The fourth-order valence-electron chi connectivity index (χ4n) is 4.03. The Labute approximate surface area is 196 Å². The fraction of sp³-hybridized carbons (Fsp3) is 0.476. The SMILES string of the molecule is C[C@@H]1[C@H](C)[C@H](COCP(=O)(O)O)O[C@H]1n1cnc2c(N[C@@H](C)c3ccccc3)nc(Cl)nc21. The monoisotopic (exact) mass is 495 g/mol. The average molecular weight is 496 g/mol. The third kappa shape index (κ3) is 5.37. The number of nitrogens with one attached hydrogen (secondary N) is 1. The number of anilines is 1. The molecule has 0 radical (unpaired) electrons. The van der Waals surface area contributed by atoms with Crippen LogP contribution in [0, 0.1) is 11.8 Å². The van der Waals surface area contributed by atoms with Crippen LogP contribution in [0.1, 0.15) is 38.6 Å². The van der Waals surface area contributed by atoms with Crippen molar-refractivity contribution in [3.8, 4) is 0 Å². The predicted octanol–water partition coefficient (Wildman–Crippen LogP) is 3.97. The van der Waals surface area contributed by atoms with Crippen LogP contribution < -0.4 is 5.32 Å². The maximum atomic E-state index is 11.1. The summed E-state index contributed by atoms with van der Waals surface area (Å²) >= 11 is 6.26. The molecule has 3 heterocycles. The van der Waals surface area contributed by atoms with Crippen molar-refractivity contribution >= 4 is 36.2 Å². The number of ether oxygens (including phenoxy) is 2. The molecule has 3 N–H and O–H groups in total. The first-order valence-electron chi connectivity index (χ1n) is 10.6. The van der Waals surface area contributed by atoms with Gasteiger partial charge in [0.1, 0.15) is 12.6 Å². The largest absolute Gasteiger partial charge is 0.366 e. The highest BCUT2D eigenvalue weighted by Crippen LogP contribution is 2.41. The summed E-state index contributed by atoms with van der Waals surface area (Å²) in [5, 5.41) is 3.46. The van der Waals surface area contributed by atoms with Gasteiger partial charge in [-0.2, -0.15) is 9.97 Å². The summed E-state index contributed by atoms with van der Waals surface area (Å²) in [5.74, 6) is 0.678. The topological polar surface area (TPSA) is 132 Å². The molecule has 1 fully saturated rings. The van der Waals surface area contributed by atoms with E-state index in [0.717, 1.165) is 5.56 Å². The molecule has 1 aliphatic rings. The Bertz CT molecular complexity index is 1160. The quantitative estimate of drug-likeness (QED) is 0.313. The Balaban J connectivity index is 1.57. The van der Waals surface area contributed by atoms with Crippen molar-refractivity contribution in [2.45, 2.75) is 39.1 Å².